The largest absolute Gasteiger partial charge is 0.433 e. The molecule has 0 spiro atoms. The summed E-state index contributed by atoms with van der Waals surface area (Å²) in [6, 6.07) is 10.6. The molecule has 5 aromatic rings. The van der Waals surface area contributed by atoms with Gasteiger partial charge in [0.25, 0.3) is 0 Å². The van der Waals surface area contributed by atoms with E-state index in [1.165, 1.54) is 16.8 Å². The molecule has 10 nitrogen and oxygen atoms in total. The van der Waals surface area contributed by atoms with Crippen molar-refractivity contribution in [2.45, 2.75) is 36.9 Å². The molecule has 1 saturated heterocycles. The van der Waals surface area contributed by atoms with Crippen LogP contribution < -0.4 is 5.73 Å². The Kier molecular flexibility index (Phi) is 7.42. The first-order valence-corrected chi connectivity index (χ1v) is 15.3. The zero-order chi connectivity index (χ0) is 30.4. The van der Waals surface area contributed by atoms with Crippen LogP contribution in [0.4, 0.5) is 19.1 Å². The number of benzene rings is 1. The van der Waals surface area contributed by atoms with Gasteiger partial charge in [-0.15, -0.1) is 5.10 Å². The molecular formula is C29H28F3N7O3S. The fraction of sp³-hybridized carbons (Fsp3) is 0.310. The van der Waals surface area contributed by atoms with Gasteiger partial charge in [0, 0.05) is 48.5 Å². The quantitative estimate of drug-likeness (QED) is 0.270. The summed E-state index contributed by atoms with van der Waals surface area (Å²) in [5.41, 5.74) is 8.71. The lowest BCUT2D eigenvalue weighted by Crippen LogP contribution is -2.27. The average Bonchev–Trinajstić information content (AvgIpc) is 3.63. The highest BCUT2D eigenvalue weighted by atomic mass is 32.2. The second kappa shape index (κ2) is 11.1. The highest BCUT2D eigenvalue weighted by Gasteiger charge is 2.34. The van der Waals surface area contributed by atoms with E-state index in [4.69, 9.17) is 10.5 Å². The van der Waals surface area contributed by atoms with Gasteiger partial charge >= 0.3 is 6.18 Å². The zero-order valence-electron chi connectivity index (χ0n) is 23.1. The third-order valence-corrected chi connectivity index (χ3v) is 9.42. The fourth-order valence-corrected chi connectivity index (χ4v) is 6.38. The Bertz CT molecular complexity index is 1880. The molecule has 0 amide bonds. The second-order valence-electron chi connectivity index (χ2n) is 10.4. The lowest BCUT2D eigenvalue weighted by atomic mass is 9.87. The lowest BCUT2D eigenvalue weighted by molar-refractivity contribution is -0.141. The summed E-state index contributed by atoms with van der Waals surface area (Å²) in [6.07, 6.45) is 3.42. The second-order valence-corrected chi connectivity index (χ2v) is 12.7. The number of halogens is 3. The monoisotopic (exact) mass is 611 g/mol. The van der Waals surface area contributed by atoms with Crippen LogP contribution in [-0.4, -0.2) is 56.7 Å². The lowest BCUT2D eigenvalue weighted by Gasteiger charge is -2.30. The van der Waals surface area contributed by atoms with E-state index in [0.717, 1.165) is 6.07 Å². The number of nitrogen functional groups attached to an aromatic ring is 1. The molecule has 43 heavy (non-hydrogen) atoms. The maximum atomic E-state index is 13.2. The average molecular weight is 612 g/mol. The molecule has 1 unspecified atom stereocenters. The topological polar surface area (TPSA) is 130 Å². The molecule has 14 heteroatoms. The standard InChI is InChI=1S/C29H28F3N7O3S/c1-2-43(40,41)23-5-3-4-19(12-23)24-13-21(16-39-27(24)36-28(33)37-39)22-15-35-38(17-22)26(18-8-10-42-11-9-18)20-6-7-25(34-14-20)29(30,31)32/h3-7,12-18,26H,2,8-11H2,1H3,(H2,33,37). The van der Waals surface area contributed by atoms with Crippen LogP contribution in [-0.2, 0) is 20.8 Å². The Labute approximate surface area is 245 Å². The van der Waals surface area contributed by atoms with Crippen LogP contribution in [0.15, 0.2) is 72.1 Å². The maximum Gasteiger partial charge on any atom is 0.433 e. The molecule has 0 aliphatic carbocycles. The Hall–Kier alpha value is -4.30. The highest BCUT2D eigenvalue weighted by Crippen LogP contribution is 2.37. The predicted molar refractivity (Wildman–Crippen MR) is 153 cm³/mol. The van der Waals surface area contributed by atoms with E-state index >= 15 is 0 Å². The number of hydrogen-bond donors (Lipinski definition) is 1. The van der Waals surface area contributed by atoms with E-state index in [1.807, 2.05) is 12.3 Å². The number of alkyl halides is 3. The Balaban J connectivity index is 1.43. The van der Waals surface area contributed by atoms with Gasteiger partial charge < -0.3 is 10.5 Å². The first-order chi connectivity index (χ1) is 20.5. The molecule has 0 radical (unpaired) electrons. The Morgan fingerprint density at radius 3 is 2.53 bits per heavy atom. The Morgan fingerprint density at radius 2 is 1.84 bits per heavy atom. The van der Waals surface area contributed by atoms with Crippen molar-refractivity contribution >= 4 is 21.4 Å². The van der Waals surface area contributed by atoms with E-state index in [1.54, 1.807) is 48.3 Å². The normalized spacial score (nSPS) is 15.6. The van der Waals surface area contributed by atoms with Crippen molar-refractivity contribution in [1.29, 1.82) is 0 Å². The molecule has 6 rings (SSSR count). The molecule has 0 bridgehead atoms. The van der Waals surface area contributed by atoms with Gasteiger partial charge in [-0.25, -0.2) is 12.9 Å². The van der Waals surface area contributed by atoms with Gasteiger partial charge in [0.15, 0.2) is 15.5 Å². The number of fused-ring (bicyclic) bond motifs is 1. The van der Waals surface area contributed by atoms with Gasteiger partial charge in [0.05, 0.1) is 22.9 Å². The van der Waals surface area contributed by atoms with Crippen LogP contribution in [0.2, 0.25) is 0 Å². The van der Waals surface area contributed by atoms with Gasteiger partial charge in [-0.05, 0) is 54.2 Å². The number of ether oxygens (including phenoxy) is 1. The van der Waals surface area contributed by atoms with Crippen molar-refractivity contribution in [3.63, 3.8) is 0 Å². The molecule has 0 saturated carbocycles. The minimum atomic E-state index is -4.53. The Morgan fingerprint density at radius 1 is 1.05 bits per heavy atom. The number of sulfone groups is 1. The van der Waals surface area contributed by atoms with Gasteiger partial charge in [0.1, 0.15) is 5.69 Å². The van der Waals surface area contributed by atoms with E-state index in [-0.39, 0.29) is 28.6 Å². The van der Waals surface area contributed by atoms with Gasteiger partial charge in [-0.3, -0.25) is 9.67 Å². The van der Waals surface area contributed by atoms with E-state index < -0.39 is 21.7 Å². The number of pyridine rings is 2. The number of nitrogens with two attached hydrogens (primary N) is 1. The molecule has 1 fully saturated rings. The van der Waals surface area contributed by atoms with Gasteiger partial charge in [-0.2, -0.15) is 23.3 Å². The summed E-state index contributed by atoms with van der Waals surface area (Å²) in [5, 5.41) is 8.93. The molecule has 1 aliphatic rings. The number of nitrogens with zero attached hydrogens (tertiary/aromatic N) is 6. The van der Waals surface area contributed by atoms with Crippen LogP contribution in [0.3, 0.4) is 0 Å². The third kappa shape index (κ3) is 5.71. The first kappa shape index (κ1) is 28.8. The summed E-state index contributed by atoms with van der Waals surface area (Å²) >= 11 is 0. The van der Waals surface area contributed by atoms with E-state index in [9.17, 15) is 21.6 Å². The van der Waals surface area contributed by atoms with Gasteiger partial charge in [0.2, 0.25) is 5.95 Å². The molecular weight excluding hydrogens is 583 g/mol. The fourth-order valence-electron chi connectivity index (χ4n) is 5.46. The molecule has 1 atom stereocenters. The molecule has 1 aromatic carbocycles. The third-order valence-electron chi connectivity index (χ3n) is 7.68. The van der Waals surface area contributed by atoms with Crippen molar-refractivity contribution in [2.24, 2.45) is 5.92 Å². The highest BCUT2D eigenvalue weighted by molar-refractivity contribution is 7.91. The van der Waals surface area contributed by atoms with Crippen LogP contribution >= 0.6 is 0 Å². The summed E-state index contributed by atoms with van der Waals surface area (Å²) < 4.78 is 73.6. The van der Waals surface area contributed by atoms with Crippen molar-refractivity contribution in [2.75, 3.05) is 24.7 Å². The van der Waals surface area contributed by atoms with Crippen molar-refractivity contribution < 1.29 is 26.3 Å². The molecule has 5 heterocycles. The molecule has 4 aromatic heterocycles. The molecule has 2 N–H and O–H groups in total. The van der Waals surface area contributed by atoms with E-state index in [0.29, 0.717) is 59.5 Å². The number of rotatable bonds is 7. The summed E-state index contributed by atoms with van der Waals surface area (Å²) in [4.78, 5) is 8.25. The minimum Gasteiger partial charge on any atom is -0.381 e. The smallest absolute Gasteiger partial charge is 0.381 e. The number of anilines is 1. The summed E-state index contributed by atoms with van der Waals surface area (Å²) in [7, 11) is -3.45. The zero-order valence-corrected chi connectivity index (χ0v) is 23.9. The van der Waals surface area contributed by atoms with Crippen molar-refractivity contribution in [1.82, 2.24) is 29.4 Å². The van der Waals surface area contributed by atoms with Crippen LogP contribution in [0.1, 0.15) is 37.1 Å². The minimum absolute atomic E-state index is 0.0360. The number of aromatic nitrogens is 6. The molecule has 1 aliphatic heterocycles. The predicted octanol–water partition coefficient (Wildman–Crippen LogP) is 5.07. The van der Waals surface area contributed by atoms with Crippen LogP contribution in [0.5, 0.6) is 0 Å². The van der Waals surface area contributed by atoms with Crippen molar-refractivity contribution in [3.05, 3.63) is 78.5 Å². The van der Waals surface area contributed by atoms with Gasteiger partial charge in [-0.1, -0.05) is 25.1 Å². The van der Waals surface area contributed by atoms with E-state index in [2.05, 4.69) is 20.2 Å². The van der Waals surface area contributed by atoms with Crippen LogP contribution in [0, 0.1) is 5.92 Å². The maximum absolute atomic E-state index is 13.2. The summed E-state index contributed by atoms with van der Waals surface area (Å²) in [6.45, 7) is 2.68. The first-order valence-electron chi connectivity index (χ1n) is 13.7. The van der Waals surface area contributed by atoms with Crippen molar-refractivity contribution in [3.8, 4) is 22.3 Å². The SMILES string of the molecule is CCS(=O)(=O)c1cccc(-c2cc(-c3cnn(C(c4ccc(C(F)(F)F)nc4)C4CCOCC4)c3)cn3nc(N)nc23)c1. The number of hydrogen-bond acceptors (Lipinski definition) is 8. The van der Waals surface area contributed by atoms with Crippen LogP contribution in [0.25, 0.3) is 27.9 Å². The molecule has 224 valence electrons. The summed E-state index contributed by atoms with van der Waals surface area (Å²) in [5.74, 6) is 0.0865.